The van der Waals surface area contributed by atoms with E-state index in [2.05, 4.69) is 43.6 Å². The summed E-state index contributed by atoms with van der Waals surface area (Å²) in [5, 5.41) is 9.28. The third-order valence-electron chi connectivity index (χ3n) is 2.96. The number of nitriles is 1. The maximum absolute atomic E-state index is 8.71. The van der Waals surface area contributed by atoms with Gasteiger partial charge in [-0.15, -0.1) is 11.8 Å². The quantitative estimate of drug-likeness (QED) is 0.415. The Morgan fingerprint density at radius 2 is 2.21 bits per heavy atom. The van der Waals surface area contributed by atoms with Crippen molar-refractivity contribution in [3.63, 3.8) is 0 Å². The molecule has 0 N–H and O–H groups in total. The van der Waals surface area contributed by atoms with Gasteiger partial charge in [-0.05, 0) is 18.1 Å². The molecule has 19 heavy (non-hydrogen) atoms. The van der Waals surface area contributed by atoms with Crippen LogP contribution in [-0.4, -0.2) is 10.2 Å². The molecule has 1 aromatic rings. The van der Waals surface area contributed by atoms with E-state index in [0.29, 0.717) is 11.7 Å². The molecule has 1 rings (SSSR count). The number of thiol groups is 1. The summed E-state index contributed by atoms with van der Waals surface area (Å²) in [6, 6.07) is 4.26. The average molecular weight is 294 g/mol. The van der Waals surface area contributed by atoms with E-state index in [4.69, 9.17) is 5.26 Å². The van der Waals surface area contributed by atoms with Crippen molar-refractivity contribution < 1.29 is 0 Å². The molecule has 104 valence electrons. The van der Waals surface area contributed by atoms with Crippen molar-refractivity contribution in [3.8, 4) is 6.07 Å². The van der Waals surface area contributed by atoms with Gasteiger partial charge in [0.2, 0.25) is 0 Å². The van der Waals surface area contributed by atoms with Crippen LogP contribution in [0.1, 0.15) is 56.8 Å². The summed E-state index contributed by atoms with van der Waals surface area (Å²) in [4.78, 5) is 5.44. The Labute approximate surface area is 126 Å². The number of nitrogens with zero attached hydrogens (tertiary/aromatic N) is 2. The summed E-state index contributed by atoms with van der Waals surface area (Å²) in [7, 11) is 0. The Morgan fingerprint density at radius 3 is 2.89 bits per heavy atom. The van der Waals surface area contributed by atoms with Crippen molar-refractivity contribution in [3.05, 3.63) is 24.0 Å². The molecule has 2 unspecified atom stereocenters. The molecule has 4 heteroatoms. The first-order valence-electron chi connectivity index (χ1n) is 6.84. The fourth-order valence-corrected chi connectivity index (χ4v) is 3.16. The Kier molecular flexibility index (Phi) is 8.00. The third kappa shape index (κ3) is 6.35. The number of hydrogen-bond donors (Lipinski definition) is 1. The fraction of sp³-hybridized carbons (Fsp3) is 0.600. The number of unbranched alkanes of at least 4 members (excludes halogenated alkanes) is 2. The Hall–Kier alpha value is -0.660. The molecular formula is C15H22N2S2. The fourth-order valence-electron chi connectivity index (χ4n) is 1.86. The number of thioether (sulfide) groups is 1. The zero-order valence-electron chi connectivity index (χ0n) is 11.7. The second kappa shape index (κ2) is 9.28. The van der Waals surface area contributed by atoms with Crippen LogP contribution in [0.4, 0.5) is 0 Å². The first-order chi connectivity index (χ1) is 9.17. The molecule has 0 saturated carbocycles. The minimum absolute atomic E-state index is 0.0338. The van der Waals surface area contributed by atoms with Crippen LogP contribution < -0.4 is 0 Å². The number of aromatic nitrogens is 1. The first-order valence-corrected chi connectivity index (χ1v) is 8.23. The van der Waals surface area contributed by atoms with Crippen molar-refractivity contribution >= 4 is 24.4 Å². The molecule has 0 spiro atoms. The summed E-state index contributed by atoms with van der Waals surface area (Å²) in [5.74, 6) is 0. The maximum atomic E-state index is 8.71. The minimum atomic E-state index is -0.0338. The van der Waals surface area contributed by atoms with E-state index in [1.165, 1.54) is 30.6 Å². The second-order valence-electron chi connectivity index (χ2n) is 4.76. The highest BCUT2D eigenvalue weighted by Crippen LogP contribution is 2.30. The van der Waals surface area contributed by atoms with E-state index in [1.807, 2.05) is 18.0 Å². The lowest BCUT2D eigenvalue weighted by molar-refractivity contribution is 0.664. The van der Waals surface area contributed by atoms with Gasteiger partial charge in [-0.2, -0.15) is 17.9 Å². The van der Waals surface area contributed by atoms with Crippen LogP contribution in [0.5, 0.6) is 0 Å². The van der Waals surface area contributed by atoms with Gasteiger partial charge in [0.15, 0.2) is 0 Å². The van der Waals surface area contributed by atoms with Crippen LogP contribution in [0, 0.1) is 11.3 Å². The van der Waals surface area contributed by atoms with Crippen molar-refractivity contribution in [2.75, 3.05) is 0 Å². The molecule has 1 aromatic heterocycles. The van der Waals surface area contributed by atoms with E-state index < -0.39 is 0 Å². The molecule has 1 heterocycles. The molecule has 0 radical (unpaired) electrons. The van der Waals surface area contributed by atoms with Crippen LogP contribution in [-0.2, 0) is 0 Å². The highest BCUT2D eigenvalue weighted by molar-refractivity contribution is 7.99. The minimum Gasteiger partial charge on any atom is -0.263 e. The van der Waals surface area contributed by atoms with Crippen molar-refractivity contribution in [2.24, 2.45) is 0 Å². The zero-order chi connectivity index (χ0) is 14.1. The van der Waals surface area contributed by atoms with Gasteiger partial charge in [0, 0.05) is 27.8 Å². The Bertz CT molecular complexity index is 415. The predicted molar refractivity (Wildman–Crippen MR) is 85.7 cm³/mol. The molecule has 0 aromatic carbocycles. The van der Waals surface area contributed by atoms with Gasteiger partial charge in [0.05, 0.1) is 12.5 Å². The lowest BCUT2D eigenvalue weighted by Crippen LogP contribution is -1.97. The molecule has 0 aliphatic carbocycles. The summed E-state index contributed by atoms with van der Waals surface area (Å²) >= 11 is 6.30. The highest BCUT2D eigenvalue weighted by atomic mass is 32.2. The van der Waals surface area contributed by atoms with Gasteiger partial charge in [0.1, 0.15) is 0 Å². The molecule has 0 aliphatic heterocycles. The molecule has 0 saturated heterocycles. The summed E-state index contributed by atoms with van der Waals surface area (Å²) in [5.41, 5.74) is 1.04. The standard InChI is InChI=1S/C15H22N2S2/c1-3-4-5-6-12(2)19-14-9-13(10-17-11-14)15(18)7-8-16/h9-12,15,18H,3-7H2,1-2H3. The summed E-state index contributed by atoms with van der Waals surface area (Å²) in [6.45, 7) is 4.49. The van der Waals surface area contributed by atoms with Gasteiger partial charge in [-0.1, -0.05) is 33.1 Å². The molecular weight excluding hydrogens is 272 g/mol. The molecule has 0 fully saturated rings. The topological polar surface area (TPSA) is 36.7 Å². The van der Waals surface area contributed by atoms with E-state index in [-0.39, 0.29) is 5.25 Å². The highest BCUT2D eigenvalue weighted by Gasteiger charge is 2.09. The Morgan fingerprint density at radius 1 is 1.42 bits per heavy atom. The van der Waals surface area contributed by atoms with Crippen molar-refractivity contribution in [1.29, 1.82) is 5.26 Å². The number of pyridine rings is 1. The number of rotatable bonds is 8. The van der Waals surface area contributed by atoms with Gasteiger partial charge in [0.25, 0.3) is 0 Å². The molecule has 2 nitrogen and oxygen atoms in total. The van der Waals surface area contributed by atoms with Gasteiger partial charge >= 0.3 is 0 Å². The average Bonchev–Trinajstić information content (AvgIpc) is 2.39. The molecule has 0 aliphatic rings. The molecule has 0 bridgehead atoms. The summed E-state index contributed by atoms with van der Waals surface area (Å²) in [6.07, 6.45) is 9.24. The zero-order valence-corrected chi connectivity index (χ0v) is 13.4. The van der Waals surface area contributed by atoms with Gasteiger partial charge in [-0.3, -0.25) is 4.98 Å². The Balaban J connectivity index is 2.54. The van der Waals surface area contributed by atoms with Gasteiger partial charge in [-0.25, -0.2) is 0 Å². The van der Waals surface area contributed by atoms with Crippen molar-refractivity contribution in [2.45, 2.75) is 61.3 Å². The van der Waals surface area contributed by atoms with Crippen LogP contribution in [0.25, 0.3) is 0 Å². The van der Waals surface area contributed by atoms with Crippen LogP contribution >= 0.6 is 24.4 Å². The smallest absolute Gasteiger partial charge is 0.0636 e. The largest absolute Gasteiger partial charge is 0.263 e. The second-order valence-corrected chi connectivity index (χ2v) is 6.89. The van der Waals surface area contributed by atoms with Crippen LogP contribution in [0.2, 0.25) is 0 Å². The monoisotopic (exact) mass is 294 g/mol. The maximum Gasteiger partial charge on any atom is 0.0636 e. The third-order valence-corrected chi connectivity index (χ3v) is 4.57. The first kappa shape index (κ1) is 16.4. The predicted octanol–water partition coefficient (Wildman–Crippen LogP) is 5.03. The number of hydrogen-bond acceptors (Lipinski definition) is 4. The van der Waals surface area contributed by atoms with Crippen LogP contribution in [0.15, 0.2) is 23.4 Å². The molecule has 0 amide bonds. The lowest BCUT2D eigenvalue weighted by Gasteiger charge is -2.12. The van der Waals surface area contributed by atoms with E-state index in [1.54, 1.807) is 6.20 Å². The van der Waals surface area contributed by atoms with Crippen molar-refractivity contribution in [1.82, 2.24) is 4.98 Å². The van der Waals surface area contributed by atoms with E-state index in [0.717, 1.165) is 5.56 Å². The van der Waals surface area contributed by atoms with E-state index >= 15 is 0 Å². The summed E-state index contributed by atoms with van der Waals surface area (Å²) < 4.78 is 0. The molecule has 2 atom stereocenters. The van der Waals surface area contributed by atoms with Crippen LogP contribution in [0.3, 0.4) is 0 Å². The van der Waals surface area contributed by atoms with E-state index in [9.17, 15) is 0 Å². The SMILES string of the molecule is CCCCCC(C)Sc1cncc(C(S)CC#N)c1. The lowest BCUT2D eigenvalue weighted by atomic mass is 10.1. The normalized spacial score (nSPS) is 13.8. The van der Waals surface area contributed by atoms with Gasteiger partial charge < -0.3 is 0 Å².